The van der Waals surface area contributed by atoms with Crippen LogP contribution >= 0.6 is 0 Å². The van der Waals surface area contributed by atoms with E-state index in [4.69, 9.17) is 0 Å². The molecule has 0 saturated carbocycles. The molecule has 6 nitrogen and oxygen atoms in total. The molecule has 2 rings (SSSR count). The maximum Gasteiger partial charge on any atom is 0.227 e. The van der Waals surface area contributed by atoms with Crippen molar-refractivity contribution in [2.24, 2.45) is 4.99 Å². The van der Waals surface area contributed by atoms with E-state index in [1.54, 1.807) is 6.20 Å². The highest BCUT2D eigenvalue weighted by Crippen LogP contribution is 2.32. The van der Waals surface area contributed by atoms with Gasteiger partial charge in [0.1, 0.15) is 12.0 Å². The summed E-state index contributed by atoms with van der Waals surface area (Å²) >= 11 is 0. The molecule has 0 aliphatic rings. The molecule has 0 aliphatic heterocycles. The lowest BCUT2D eigenvalue weighted by Gasteiger charge is -2.25. The van der Waals surface area contributed by atoms with E-state index in [1.807, 2.05) is 41.4 Å². The summed E-state index contributed by atoms with van der Waals surface area (Å²) in [6.07, 6.45) is 6.41. The van der Waals surface area contributed by atoms with Crippen LogP contribution in [0, 0.1) is 0 Å². The second kappa shape index (κ2) is 10.3. The van der Waals surface area contributed by atoms with Crippen LogP contribution in [0.1, 0.15) is 33.6 Å². The molecule has 0 unspecified atom stereocenters. The highest BCUT2D eigenvalue weighted by Gasteiger charge is 2.17. The minimum atomic E-state index is 0.217. The Balaban J connectivity index is 2.51. The number of rotatable bonds is 10. The molecule has 0 aliphatic carbocycles. The number of para-hydroxylation sites is 1. The first-order valence-electron chi connectivity index (χ1n) is 9.15. The molecule has 0 bridgehead atoms. The van der Waals surface area contributed by atoms with Gasteiger partial charge in [0.25, 0.3) is 0 Å². The van der Waals surface area contributed by atoms with Gasteiger partial charge in [-0.25, -0.2) is 9.98 Å². The zero-order valence-corrected chi connectivity index (χ0v) is 15.8. The number of benzene rings is 1. The lowest BCUT2D eigenvalue weighted by Crippen LogP contribution is -2.25. The third-order valence-electron chi connectivity index (χ3n) is 4.03. The topological polar surface area (TPSA) is 61.7 Å². The largest absolute Gasteiger partial charge is 0.341 e. The third kappa shape index (κ3) is 4.88. The maximum atomic E-state index is 11.3. The standard InChI is InChI=1S/C20H27N5O/c1-4-7-13-21-19-18(16-22-20(23-19)24(5-2)6-3)25(14-15-26)17-11-9-8-10-12-17/h8-13,15-16H,4-7,14H2,1-3H3. The van der Waals surface area contributed by atoms with Gasteiger partial charge in [0.05, 0.1) is 12.7 Å². The Bertz CT molecular complexity index is 713. The molecule has 26 heavy (non-hydrogen) atoms. The molecule has 1 heterocycles. The van der Waals surface area contributed by atoms with Gasteiger partial charge in [-0.05, 0) is 32.4 Å². The number of nitrogens with zero attached hydrogens (tertiary/aromatic N) is 5. The zero-order chi connectivity index (χ0) is 18.8. The Morgan fingerprint density at radius 3 is 2.46 bits per heavy atom. The van der Waals surface area contributed by atoms with Gasteiger partial charge in [-0.3, -0.25) is 0 Å². The molecule has 1 aromatic heterocycles. The van der Waals surface area contributed by atoms with Crippen LogP contribution in [-0.4, -0.2) is 42.1 Å². The molecule has 0 atom stereocenters. The molecule has 0 radical (unpaired) electrons. The number of hydrogen-bond acceptors (Lipinski definition) is 6. The molecule has 0 N–H and O–H groups in total. The predicted octanol–water partition coefficient (Wildman–Crippen LogP) is 4.16. The summed E-state index contributed by atoms with van der Waals surface area (Å²) in [6.45, 7) is 8.12. The third-order valence-corrected chi connectivity index (χ3v) is 4.03. The molecule has 0 fully saturated rings. The molecule has 138 valence electrons. The smallest absolute Gasteiger partial charge is 0.227 e. The van der Waals surface area contributed by atoms with Gasteiger partial charge < -0.3 is 14.6 Å². The van der Waals surface area contributed by atoms with Crippen LogP contribution in [0.2, 0.25) is 0 Å². The molecular weight excluding hydrogens is 326 g/mol. The van der Waals surface area contributed by atoms with Crippen molar-refractivity contribution in [3.8, 4) is 0 Å². The zero-order valence-electron chi connectivity index (χ0n) is 15.8. The summed E-state index contributed by atoms with van der Waals surface area (Å²) in [7, 11) is 0. The van der Waals surface area contributed by atoms with Gasteiger partial charge in [0, 0.05) is 25.0 Å². The van der Waals surface area contributed by atoms with Gasteiger partial charge >= 0.3 is 0 Å². The number of aliphatic imine (C=N–C) groups is 1. The second-order valence-electron chi connectivity index (χ2n) is 5.76. The lowest BCUT2D eigenvalue weighted by molar-refractivity contribution is -0.106. The Morgan fingerprint density at radius 1 is 1.12 bits per heavy atom. The van der Waals surface area contributed by atoms with Crippen LogP contribution in [0.4, 0.5) is 23.1 Å². The van der Waals surface area contributed by atoms with E-state index in [9.17, 15) is 4.79 Å². The van der Waals surface area contributed by atoms with Crippen LogP contribution < -0.4 is 9.80 Å². The summed E-state index contributed by atoms with van der Waals surface area (Å²) in [5, 5.41) is 0. The van der Waals surface area contributed by atoms with Gasteiger partial charge in [0.15, 0.2) is 5.82 Å². The Kier molecular flexibility index (Phi) is 7.74. The van der Waals surface area contributed by atoms with Crippen molar-refractivity contribution < 1.29 is 4.79 Å². The number of unbranched alkanes of at least 4 members (excludes halogenated alkanes) is 1. The van der Waals surface area contributed by atoms with Crippen LogP contribution in [0.25, 0.3) is 0 Å². The lowest BCUT2D eigenvalue weighted by atomic mass is 10.2. The first kappa shape index (κ1) is 19.6. The number of aromatic nitrogens is 2. The number of aldehydes is 1. The van der Waals surface area contributed by atoms with Crippen LogP contribution in [0.15, 0.2) is 41.5 Å². The van der Waals surface area contributed by atoms with Crippen LogP contribution in [0.5, 0.6) is 0 Å². The quantitative estimate of drug-likeness (QED) is 0.474. The van der Waals surface area contributed by atoms with Crippen molar-refractivity contribution in [2.45, 2.75) is 33.6 Å². The number of anilines is 3. The summed E-state index contributed by atoms with van der Waals surface area (Å²) in [5.74, 6) is 1.24. The van der Waals surface area contributed by atoms with Gasteiger partial charge in [-0.1, -0.05) is 31.5 Å². The highest BCUT2D eigenvalue weighted by atomic mass is 16.1. The molecule has 1 aromatic carbocycles. The fourth-order valence-corrected chi connectivity index (χ4v) is 2.61. The minimum Gasteiger partial charge on any atom is -0.341 e. The second-order valence-corrected chi connectivity index (χ2v) is 5.76. The fraction of sp³-hybridized carbons (Fsp3) is 0.400. The summed E-state index contributed by atoms with van der Waals surface area (Å²) < 4.78 is 0. The first-order valence-corrected chi connectivity index (χ1v) is 9.15. The monoisotopic (exact) mass is 353 g/mol. The van der Waals surface area contributed by atoms with E-state index in [1.165, 1.54) is 0 Å². The van der Waals surface area contributed by atoms with E-state index in [2.05, 4.69) is 40.6 Å². The predicted molar refractivity (Wildman–Crippen MR) is 108 cm³/mol. The molecule has 0 spiro atoms. The van der Waals surface area contributed by atoms with Crippen LogP contribution in [-0.2, 0) is 4.79 Å². The SMILES string of the molecule is CCCC=Nc1nc(N(CC)CC)ncc1N(CC=O)c1ccccc1. The Hall–Kier alpha value is -2.76. The number of carbonyl (C=O) groups is 1. The van der Waals surface area contributed by atoms with Crippen molar-refractivity contribution in [1.82, 2.24) is 9.97 Å². The van der Waals surface area contributed by atoms with E-state index in [0.717, 1.165) is 43.6 Å². The fourth-order valence-electron chi connectivity index (χ4n) is 2.61. The molecule has 0 saturated heterocycles. The first-order chi connectivity index (χ1) is 12.7. The van der Waals surface area contributed by atoms with Crippen molar-refractivity contribution in [1.29, 1.82) is 0 Å². The van der Waals surface area contributed by atoms with Crippen molar-refractivity contribution in [3.05, 3.63) is 36.5 Å². The van der Waals surface area contributed by atoms with E-state index in [-0.39, 0.29) is 6.54 Å². The Morgan fingerprint density at radius 2 is 1.85 bits per heavy atom. The average Bonchev–Trinajstić information content (AvgIpc) is 2.68. The molecule has 0 amide bonds. The summed E-state index contributed by atoms with van der Waals surface area (Å²) in [5.41, 5.74) is 1.64. The average molecular weight is 353 g/mol. The molecule has 2 aromatic rings. The van der Waals surface area contributed by atoms with E-state index < -0.39 is 0 Å². The van der Waals surface area contributed by atoms with Crippen LogP contribution in [0.3, 0.4) is 0 Å². The normalized spacial score (nSPS) is 10.9. The number of hydrogen-bond donors (Lipinski definition) is 0. The number of carbonyl (C=O) groups excluding carboxylic acids is 1. The van der Waals surface area contributed by atoms with Crippen molar-refractivity contribution in [2.75, 3.05) is 29.4 Å². The van der Waals surface area contributed by atoms with E-state index in [0.29, 0.717) is 11.8 Å². The van der Waals surface area contributed by atoms with Crippen molar-refractivity contribution in [3.63, 3.8) is 0 Å². The van der Waals surface area contributed by atoms with Gasteiger partial charge in [0.2, 0.25) is 5.95 Å². The van der Waals surface area contributed by atoms with E-state index >= 15 is 0 Å². The minimum absolute atomic E-state index is 0.217. The summed E-state index contributed by atoms with van der Waals surface area (Å²) in [4.78, 5) is 29.0. The maximum absolute atomic E-state index is 11.3. The molecular formula is C20H27N5O. The summed E-state index contributed by atoms with van der Waals surface area (Å²) in [6, 6.07) is 9.75. The highest BCUT2D eigenvalue weighted by molar-refractivity contribution is 5.79. The molecule has 6 heteroatoms. The van der Waals surface area contributed by atoms with Crippen molar-refractivity contribution >= 4 is 35.6 Å². The Labute approximate surface area is 155 Å². The van der Waals surface area contributed by atoms with Gasteiger partial charge in [-0.2, -0.15) is 4.98 Å². The van der Waals surface area contributed by atoms with Gasteiger partial charge in [-0.15, -0.1) is 0 Å².